The first-order valence-electron chi connectivity index (χ1n) is 14.1. The number of anilines is 1. The fourth-order valence-electron chi connectivity index (χ4n) is 6.37. The smallest absolute Gasteiger partial charge is 0.266 e. The molecule has 4 heterocycles. The normalized spacial score (nSPS) is 19.7. The van der Waals surface area contributed by atoms with E-state index in [2.05, 4.69) is 20.2 Å². The first-order chi connectivity index (χ1) is 19.6. The number of amides is 1. The van der Waals surface area contributed by atoms with Crippen LogP contribution in [0.1, 0.15) is 60.3 Å². The van der Waals surface area contributed by atoms with Crippen LogP contribution in [0.5, 0.6) is 5.75 Å². The molecule has 41 heavy (non-hydrogen) atoms. The van der Waals surface area contributed by atoms with Crippen LogP contribution in [0.25, 0.3) is 10.9 Å². The molecule has 1 amide bonds. The number of aliphatic hydroxyl groups is 1. The number of piperidine rings is 1. The fourth-order valence-corrected chi connectivity index (χ4v) is 6.37. The van der Waals surface area contributed by atoms with Gasteiger partial charge in [0.2, 0.25) is 5.91 Å². The molecular weight excluding hydrogens is 535 g/mol. The maximum Gasteiger partial charge on any atom is 0.266 e. The number of ether oxygens (including phenoxy) is 1. The van der Waals surface area contributed by atoms with E-state index in [1.807, 2.05) is 18.0 Å². The molecule has 0 saturated carbocycles. The molecule has 218 valence electrons. The van der Waals surface area contributed by atoms with Crippen molar-refractivity contribution in [2.75, 3.05) is 45.2 Å². The zero-order valence-corrected chi connectivity index (χ0v) is 23.4. The van der Waals surface area contributed by atoms with Crippen LogP contribution >= 0.6 is 0 Å². The van der Waals surface area contributed by atoms with Crippen LogP contribution in [0, 0.1) is 18.7 Å². The molecule has 2 aromatic carbocycles. The van der Waals surface area contributed by atoms with Crippen molar-refractivity contribution in [3.63, 3.8) is 0 Å². The average Bonchev–Trinajstić information content (AvgIpc) is 3.41. The lowest BCUT2D eigenvalue weighted by Crippen LogP contribution is -2.55. The van der Waals surface area contributed by atoms with Crippen LogP contribution in [0.2, 0.25) is 0 Å². The van der Waals surface area contributed by atoms with Crippen molar-refractivity contribution in [2.24, 2.45) is 5.92 Å². The molecule has 8 nitrogen and oxygen atoms in total. The summed E-state index contributed by atoms with van der Waals surface area (Å²) in [4.78, 5) is 26.1. The fraction of sp³-hybridized carbons (Fsp3) is 0.500. The van der Waals surface area contributed by atoms with Gasteiger partial charge in [-0.2, -0.15) is 0 Å². The monoisotopic (exact) mass is 569 g/mol. The van der Waals surface area contributed by atoms with Crippen LogP contribution in [0.4, 0.5) is 19.0 Å². The lowest BCUT2D eigenvalue weighted by Gasteiger charge is -2.43. The molecule has 0 spiro atoms. The molecule has 1 aromatic heterocycles. The van der Waals surface area contributed by atoms with Crippen molar-refractivity contribution >= 4 is 22.6 Å². The molecule has 6 rings (SSSR count). The van der Waals surface area contributed by atoms with E-state index in [9.17, 15) is 23.1 Å². The van der Waals surface area contributed by atoms with Crippen LogP contribution in [-0.4, -0.2) is 70.6 Å². The van der Waals surface area contributed by atoms with Gasteiger partial charge in [0.25, 0.3) is 6.43 Å². The predicted octanol–water partition coefficient (Wildman–Crippen LogP) is 4.49. The molecule has 2 N–H and O–H groups in total. The molecule has 2 fully saturated rings. The highest BCUT2D eigenvalue weighted by Crippen LogP contribution is 2.46. The second-order valence-electron chi connectivity index (χ2n) is 11.5. The summed E-state index contributed by atoms with van der Waals surface area (Å²) in [5, 5.41) is 15.8. The molecule has 0 unspecified atom stereocenters. The molecule has 3 aromatic rings. The molecule has 1 atom stereocenters. The van der Waals surface area contributed by atoms with E-state index >= 15 is 0 Å². The van der Waals surface area contributed by atoms with E-state index in [1.54, 1.807) is 13.8 Å². The van der Waals surface area contributed by atoms with Crippen LogP contribution in [0.15, 0.2) is 24.3 Å². The number of halogens is 3. The second kappa shape index (κ2) is 10.4. The summed E-state index contributed by atoms with van der Waals surface area (Å²) in [6, 6.07) is 5.13. The van der Waals surface area contributed by atoms with Crippen molar-refractivity contribution in [1.29, 1.82) is 0 Å². The minimum atomic E-state index is -2.92. The molecule has 3 aliphatic heterocycles. The zero-order chi connectivity index (χ0) is 29.1. The number of aromatic nitrogens is 2. The third-order valence-corrected chi connectivity index (χ3v) is 8.68. The summed E-state index contributed by atoms with van der Waals surface area (Å²) in [7, 11) is 1.99. The predicted molar refractivity (Wildman–Crippen MR) is 148 cm³/mol. The number of aryl methyl sites for hydroxylation is 1. The van der Waals surface area contributed by atoms with E-state index < -0.39 is 29.4 Å². The maximum absolute atomic E-state index is 15.0. The summed E-state index contributed by atoms with van der Waals surface area (Å²) in [6.07, 6.45) is -1.60. The van der Waals surface area contributed by atoms with E-state index in [0.717, 1.165) is 24.7 Å². The third kappa shape index (κ3) is 4.88. The summed E-state index contributed by atoms with van der Waals surface area (Å²) in [5.74, 6) is 0.732. The molecule has 0 radical (unpaired) electrons. The Bertz CT molecular complexity index is 1500. The topological polar surface area (TPSA) is 90.8 Å². The Morgan fingerprint density at radius 2 is 1.90 bits per heavy atom. The van der Waals surface area contributed by atoms with Gasteiger partial charge < -0.3 is 25.0 Å². The number of alkyl halides is 2. The van der Waals surface area contributed by atoms with Gasteiger partial charge in [-0.05, 0) is 39.8 Å². The summed E-state index contributed by atoms with van der Waals surface area (Å²) in [5.41, 5.74) is 0.409. The van der Waals surface area contributed by atoms with Crippen LogP contribution in [0.3, 0.4) is 0 Å². The lowest BCUT2D eigenvalue weighted by atomic mass is 9.81. The van der Waals surface area contributed by atoms with Crippen molar-refractivity contribution in [3.05, 3.63) is 58.2 Å². The Morgan fingerprint density at radius 3 is 2.59 bits per heavy atom. The van der Waals surface area contributed by atoms with Gasteiger partial charge in [0, 0.05) is 54.7 Å². The largest absolute Gasteiger partial charge is 0.492 e. The number of hydrogen-bond acceptors (Lipinski definition) is 7. The van der Waals surface area contributed by atoms with Gasteiger partial charge in [-0.1, -0.05) is 18.2 Å². The number of rotatable bonds is 6. The highest BCUT2D eigenvalue weighted by molar-refractivity contribution is 5.94. The number of carbonyl (C=O) groups excluding carboxylic acids is 1. The van der Waals surface area contributed by atoms with Gasteiger partial charge in [0.15, 0.2) is 0 Å². The minimum absolute atomic E-state index is 0.0154. The Balaban J connectivity index is 1.34. The van der Waals surface area contributed by atoms with E-state index in [-0.39, 0.29) is 17.4 Å². The lowest BCUT2D eigenvalue weighted by molar-refractivity contribution is -0.145. The average molecular weight is 570 g/mol. The van der Waals surface area contributed by atoms with E-state index in [0.29, 0.717) is 72.8 Å². The molecule has 3 aliphatic rings. The number of likely N-dealkylation sites (tertiary alicyclic amines) is 2. The first kappa shape index (κ1) is 27.7. The zero-order valence-electron chi connectivity index (χ0n) is 23.4. The van der Waals surface area contributed by atoms with Gasteiger partial charge in [0.05, 0.1) is 35.2 Å². The van der Waals surface area contributed by atoms with Gasteiger partial charge in [-0.3, -0.25) is 4.79 Å². The molecule has 2 saturated heterocycles. The Morgan fingerprint density at radius 1 is 1.20 bits per heavy atom. The number of carbonyl (C=O) groups is 1. The summed E-state index contributed by atoms with van der Waals surface area (Å²) < 4.78 is 47.7. The second-order valence-corrected chi connectivity index (χ2v) is 11.5. The highest BCUT2D eigenvalue weighted by atomic mass is 19.3. The quantitative estimate of drug-likeness (QED) is 0.452. The van der Waals surface area contributed by atoms with Gasteiger partial charge in [-0.25, -0.2) is 23.1 Å². The maximum atomic E-state index is 15.0. The number of nitrogens with zero attached hydrogens (tertiary/aromatic N) is 4. The Hall–Kier alpha value is -3.44. The van der Waals surface area contributed by atoms with Crippen molar-refractivity contribution in [1.82, 2.24) is 19.8 Å². The third-order valence-electron chi connectivity index (χ3n) is 8.68. The van der Waals surface area contributed by atoms with Gasteiger partial charge in [-0.15, -0.1) is 0 Å². The van der Waals surface area contributed by atoms with Crippen LogP contribution in [-0.2, 0) is 16.8 Å². The minimum Gasteiger partial charge on any atom is -0.492 e. The molecule has 0 aliphatic carbocycles. The van der Waals surface area contributed by atoms with Gasteiger partial charge >= 0.3 is 0 Å². The number of hydrogen-bond donors (Lipinski definition) is 2. The van der Waals surface area contributed by atoms with Crippen molar-refractivity contribution < 1.29 is 27.8 Å². The van der Waals surface area contributed by atoms with Crippen LogP contribution < -0.4 is 10.1 Å². The number of nitrogens with one attached hydrogen (secondary N) is 1. The van der Waals surface area contributed by atoms with Crippen molar-refractivity contribution in [2.45, 2.75) is 51.2 Å². The molecule has 11 heteroatoms. The van der Waals surface area contributed by atoms with E-state index in [4.69, 9.17) is 4.74 Å². The van der Waals surface area contributed by atoms with E-state index in [1.165, 1.54) is 12.1 Å². The SMILES string of the molecule is Cc1nc(N[C@H](C)c2cccc(C(F)F)c2F)c2cc(C3(O)CCN(C(=O)C4CN(C)C4)CC3)c3c(c2n1)CCO3. The number of benzene rings is 2. The van der Waals surface area contributed by atoms with Gasteiger partial charge in [0.1, 0.15) is 23.2 Å². The standard InChI is InChI=1S/C30H34F3N5O3/c1-16(19-5-4-6-20(24(19)31)27(32)33)34-28-22-13-23(26-21(7-12-41-26)25(22)35-17(2)36-28)30(40)8-10-38(11-9-30)29(39)18-14-37(3)15-18/h4-6,13,16,18,27,40H,7-12,14-15H2,1-3H3,(H,34,35,36)/t16-/m1/s1. The first-order valence-corrected chi connectivity index (χ1v) is 14.1. The molecule has 0 bridgehead atoms. The summed E-state index contributed by atoms with van der Waals surface area (Å²) in [6.45, 7) is 6.29. The molecular formula is C30H34F3N5O3. The summed E-state index contributed by atoms with van der Waals surface area (Å²) >= 11 is 0. The highest BCUT2D eigenvalue weighted by Gasteiger charge is 2.42. The Labute approximate surface area is 236 Å². The van der Waals surface area contributed by atoms with Crippen molar-refractivity contribution in [3.8, 4) is 5.75 Å². The number of fused-ring (bicyclic) bond motifs is 3. The Kier molecular flexibility index (Phi) is 7.05.